The quantitative estimate of drug-likeness (QED) is 0.763. The van der Waals surface area contributed by atoms with Gasteiger partial charge in [0, 0.05) is 12.4 Å². The maximum atomic E-state index is 11.9. The first-order valence-electron chi connectivity index (χ1n) is 6.13. The van der Waals surface area contributed by atoms with Crippen LogP contribution in [0.2, 0.25) is 0 Å². The highest BCUT2D eigenvalue weighted by molar-refractivity contribution is 7.07. The van der Waals surface area contributed by atoms with E-state index in [0.29, 0.717) is 22.8 Å². The van der Waals surface area contributed by atoms with E-state index in [1.54, 1.807) is 30.2 Å². The molecule has 0 aliphatic rings. The number of hydrogen-bond acceptors (Lipinski definition) is 7. The van der Waals surface area contributed by atoms with Crippen molar-refractivity contribution in [2.45, 2.75) is 13.5 Å². The number of nitrogens with one attached hydrogen (secondary N) is 1. The van der Waals surface area contributed by atoms with E-state index in [1.807, 2.05) is 12.1 Å². The van der Waals surface area contributed by atoms with Gasteiger partial charge in [0.1, 0.15) is 10.6 Å². The van der Waals surface area contributed by atoms with Crippen LogP contribution >= 0.6 is 11.5 Å². The molecule has 21 heavy (non-hydrogen) atoms. The van der Waals surface area contributed by atoms with Crippen molar-refractivity contribution >= 4 is 17.4 Å². The van der Waals surface area contributed by atoms with Crippen LogP contribution in [0.4, 0.5) is 0 Å². The molecule has 0 aliphatic heterocycles. The molecule has 8 nitrogen and oxygen atoms in total. The van der Waals surface area contributed by atoms with E-state index in [9.17, 15) is 4.79 Å². The standard InChI is InChI=1S/C12H11N7OS/c1-8-11(21-18-15-8)12(20)14-6-9-7-19(17-16-9)10-2-4-13-5-3-10/h2-5,7H,6H2,1H3,(H,14,20). The van der Waals surface area contributed by atoms with Crippen molar-refractivity contribution < 1.29 is 4.79 Å². The molecule has 1 amide bonds. The van der Waals surface area contributed by atoms with E-state index < -0.39 is 0 Å². The molecule has 0 saturated carbocycles. The number of nitrogens with zero attached hydrogens (tertiary/aromatic N) is 6. The Kier molecular flexibility index (Phi) is 3.65. The average molecular weight is 301 g/mol. The number of carbonyl (C=O) groups excluding carboxylic acids is 1. The molecule has 0 spiro atoms. The highest BCUT2D eigenvalue weighted by Gasteiger charge is 2.13. The fourth-order valence-corrected chi connectivity index (χ4v) is 2.27. The monoisotopic (exact) mass is 301 g/mol. The molecule has 3 aromatic rings. The molecule has 9 heteroatoms. The Morgan fingerprint density at radius 2 is 2.14 bits per heavy atom. The first kappa shape index (κ1) is 13.3. The Hall–Kier alpha value is -2.68. The lowest BCUT2D eigenvalue weighted by molar-refractivity contribution is 0.0953. The van der Waals surface area contributed by atoms with Gasteiger partial charge in [0.25, 0.3) is 5.91 Å². The second-order valence-corrected chi connectivity index (χ2v) is 4.98. The summed E-state index contributed by atoms with van der Waals surface area (Å²) < 4.78 is 5.36. The van der Waals surface area contributed by atoms with E-state index >= 15 is 0 Å². The minimum atomic E-state index is -0.207. The van der Waals surface area contributed by atoms with Crippen molar-refractivity contribution in [3.63, 3.8) is 0 Å². The smallest absolute Gasteiger partial charge is 0.265 e. The number of hydrogen-bond donors (Lipinski definition) is 1. The third kappa shape index (κ3) is 2.92. The summed E-state index contributed by atoms with van der Waals surface area (Å²) in [7, 11) is 0. The van der Waals surface area contributed by atoms with Gasteiger partial charge in [0.05, 0.1) is 24.1 Å². The Balaban J connectivity index is 1.66. The molecule has 3 heterocycles. The number of rotatable bonds is 4. The summed E-state index contributed by atoms with van der Waals surface area (Å²) >= 11 is 1.07. The van der Waals surface area contributed by atoms with E-state index in [1.165, 1.54) is 0 Å². The van der Waals surface area contributed by atoms with Gasteiger partial charge in [0.15, 0.2) is 0 Å². The van der Waals surface area contributed by atoms with Crippen LogP contribution in [0.5, 0.6) is 0 Å². The lowest BCUT2D eigenvalue weighted by Crippen LogP contribution is -2.22. The van der Waals surface area contributed by atoms with E-state index in [0.717, 1.165) is 17.2 Å². The molecule has 0 radical (unpaired) electrons. The molecule has 0 atom stereocenters. The van der Waals surface area contributed by atoms with Gasteiger partial charge >= 0.3 is 0 Å². The maximum absolute atomic E-state index is 11.9. The molecule has 106 valence electrons. The molecular formula is C12H11N7OS. The number of aryl methyl sites for hydroxylation is 1. The van der Waals surface area contributed by atoms with Gasteiger partial charge in [0.2, 0.25) is 0 Å². The highest BCUT2D eigenvalue weighted by Crippen LogP contribution is 2.09. The molecule has 0 bridgehead atoms. The summed E-state index contributed by atoms with van der Waals surface area (Å²) in [5, 5.41) is 14.6. The Morgan fingerprint density at radius 3 is 2.86 bits per heavy atom. The number of pyridine rings is 1. The van der Waals surface area contributed by atoms with Crippen molar-refractivity contribution in [3.8, 4) is 5.69 Å². The predicted octanol–water partition coefficient (Wildman–Crippen LogP) is 0.752. The first-order valence-corrected chi connectivity index (χ1v) is 6.90. The third-order valence-electron chi connectivity index (χ3n) is 2.76. The van der Waals surface area contributed by atoms with Crippen LogP contribution in [0.3, 0.4) is 0 Å². The zero-order valence-corrected chi connectivity index (χ0v) is 11.9. The SMILES string of the molecule is Cc1nnsc1C(=O)NCc1cn(-c2ccncc2)nn1. The summed E-state index contributed by atoms with van der Waals surface area (Å²) in [6.45, 7) is 2.04. The fourth-order valence-electron chi connectivity index (χ4n) is 1.69. The van der Waals surface area contributed by atoms with Crippen molar-refractivity contribution in [2.75, 3.05) is 0 Å². The highest BCUT2D eigenvalue weighted by atomic mass is 32.1. The minimum absolute atomic E-state index is 0.207. The van der Waals surface area contributed by atoms with Gasteiger partial charge in [-0.1, -0.05) is 9.70 Å². The number of carbonyl (C=O) groups is 1. The first-order chi connectivity index (χ1) is 10.2. The largest absolute Gasteiger partial charge is 0.345 e. The van der Waals surface area contributed by atoms with Gasteiger partial charge in [-0.05, 0) is 30.6 Å². The van der Waals surface area contributed by atoms with Crippen LogP contribution in [0.25, 0.3) is 5.69 Å². The summed E-state index contributed by atoms with van der Waals surface area (Å²) in [5.41, 5.74) is 2.14. The zero-order chi connectivity index (χ0) is 14.7. The molecular weight excluding hydrogens is 290 g/mol. The zero-order valence-electron chi connectivity index (χ0n) is 11.1. The second-order valence-electron chi connectivity index (χ2n) is 4.23. The van der Waals surface area contributed by atoms with Crippen LogP contribution < -0.4 is 5.32 Å². The van der Waals surface area contributed by atoms with Gasteiger partial charge in [-0.15, -0.1) is 10.2 Å². The molecule has 0 saturated heterocycles. The van der Waals surface area contributed by atoms with Crippen LogP contribution in [0, 0.1) is 6.92 Å². The predicted molar refractivity (Wildman–Crippen MR) is 75.0 cm³/mol. The molecule has 1 N–H and O–H groups in total. The second kappa shape index (κ2) is 5.75. The van der Waals surface area contributed by atoms with Crippen molar-refractivity contribution in [1.82, 2.24) is 34.9 Å². The molecule has 0 unspecified atom stereocenters. The number of aromatic nitrogens is 6. The van der Waals surface area contributed by atoms with Gasteiger partial charge in [-0.25, -0.2) is 4.68 Å². The molecule has 0 fully saturated rings. The average Bonchev–Trinajstić information content (AvgIpc) is 3.15. The van der Waals surface area contributed by atoms with Crippen molar-refractivity contribution in [1.29, 1.82) is 0 Å². The number of amides is 1. The fraction of sp³-hybridized carbons (Fsp3) is 0.167. The maximum Gasteiger partial charge on any atom is 0.265 e. The Bertz CT molecular complexity index is 752. The van der Waals surface area contributed by atoms with Gasteiger partial charge < -0.3 is 5.32 Å². The summed E-state index contributed by atoms with van der Waals surface area (Å²) in [4.78, 5) is 16.4. The topological polar surface area (TPSA) is 98.5 Å². The summed E-state index contributed by atoms with van der Waals surface area (Å²) in [6, 6.07) is 3.65. The van der Waals surface area contributed by atoms with Crippen LogP contribution in [-0.2, 0) is 6.54 Å². The third-order valence-corrected chi connectivity index (χ3v) is 3.58. The van der Waals surface area contributed by atoms with E-state index in [4.69, 9.17) is 0 Å². The molecule has 0 aliphatic carbocycles. The van der Waals surface area contributed by atoms with Crippen LogP contribution in [0.15, 0.2) is 30.7 Å². The summed E-state index contributed by atoms with van der Waals surface area (Å²) in [6.07, 6.45) is 5.11. The van der Waals surface area contributed by atoms with Gasteiger partial charge in [-0.2, -0.15) is 0 Å². The van der Waals surface area contributed by atoms with E-state index in [-0.39, 0.29) is 5.91 Å². The van der Waals surface area contributed by atoms with E-state index in [2.05, 4.69) is 30.2 Å². The normalized spacial score (nSPS) is 10.5. The molecule has 0 aromatic carbocycles. The molecule has 3 aromatic heterocycles. The van der Waals surface area contributed by atoms with Crippen molar-refractivity contribution in [2.24, 2.45) is 0 Å². The van der Waals surface area contributed by atoms with Crippen LogP contribution in [0.1, 0.15) is 21.1 Å². The lowest BCUT2D eigenvalue weighted by Gasteiger charge is -2.00. The van der Waals surface area contributed by atoms with Gasteiger partial charge in [-0.3, -0.25) is 9.78 Å². The minimum Gasteiger partial charge on any atom is -0.345 e. The molecule has 3 rings (SSSR count). The lowest BCUT2D eigenvalue weighted by atomic mass is 10.3. The van der Waals surface area contributed by atoms with Crippen LogP contribution in [-0.4, -0.2) is 35.5 Å². The Labute approximate surface area is 124 Å². The van der Waals surface area contributed by atoms with Crippen molar-refractivity contribution in [3.05, 3.63) is 47.0 Å². The Morgan fingerprint density at radius 1 is 1.33 bits per heavy atom. The summed E-state index contributed by atoms with van der Waals surface area (Å²) in [5.74, 6) is -0.207.